The van der Waals surface area contributed by atoms with E-state index in [0.29, 0.717) is 11.3 Å². The highest BCUT2D eigenvalue weighted by molar-refractivity contribution is 5.97. The number of amides is 2. The topological polar surface area (TPSA) is 70.2 Å². The number of carbonyl (C=O) groups excluding carboxylic acids is 2. The molecule has 0 spiro atoms. The van der Waals surface area contributed by atoms with E-state index in [0.717, 1.165) is 0 Å². The van der Waals surface area contributed by atoms with E-state index in [1.54, 1.807) is 38.2 Å². The van der Waals surface area contributed by atoms with Crippen molar-refractivity contribution >= 4 is 17.5 Å². The van der Waals surface area contributed by atoms with Gasteiger partial charge in [-0.05, 0) is 59.0 Å². The van der Waals surface area contributed by atoms with Crippen LogP contribution in [0.5, 0.6) is 0 Å². The van der Waals surface area contributed by atoms with Gasteiger partial charge in [0.15, 0.2) is 0 Å². The molecule has 1 atom stereocenters. The van der Waals surface area contributed by atoms with Gasteiger partial charge in [0.25, 0.3) is 5.91 Å². The van der Waals surface area contributed by atoms with Gasteiger partial charge in [-0.25, -0.2) is 0 Å². The predicted octanol–water partition coefficient (Wildman–Crippen LogP) is 1.76. The lowest BCUT2D eigenvalue weighted by atomic mass is 10.1. The second kappa shape index (κ2) is 6.52. The minimum absolute atomic E-state index is 0.112. The minimum Gasteiger partial charge on any atom is -0.347 e. The third kappa shape index (κ3) is 5.01. The Morgan fingerprint density at radius 2 is 1.65 bits per heavy atom. The molecule has 2 amide bonds. The van der Waals surface area contributed by atoms with Gasteiger partial charge in [0.05, 0.1) is 6.04 Å². The van der Waals surface area contributed by atoms with E-state index in [9.17, 15) is 9.59 Å². The number of carbonyl (C=O) groups is 2. The zero-order chi connectivity index (χ0) is 15.3. The summed E-state index contributed by atoms with van der Waals surface area (Å²) in [5.41, 5.74) is 0.968. The van der Waals surface area contributed by atoms with Gasteiger partial charge < -0.3 is 16.0 Å². The maximum absolute atomic E-state index is 11.9. The smallest absolute Gasteiger partial charge is 0.251 e. The number of hydrogen-bond acceptors (Lipinski definition) is 3. The van der Waals surface area contributed by atoms with Gasteiger partial charge in [0, 0.05) is 16.8 Å². The van der Waals surface area contributed by atoms with Crippen LogP contribution in [-0.2, 0) is 4.79 Å². The highest BCUT2D eigenvalue weighted by Crippen LogP contribution is 2.11. The molecule has 0 aliphatic carbocycles. The fraction of sp³-hybridized carbons (Fsp3) is 0.467. The van der Waals surface area contributed by atoms with Gasteiger partial charge in [0.2, 0.25) is 5.91 Å². The first-order valence-electron chi connectivity index (χ1n) is 6.63. The van der Waals surface area contributed by atoms with Crippen molar-refractivity contribution in [2.75, 3.05) is 12.4 Å². The normalized spacial score (nSPS) is 12.7. The highest BCUT2D eigenvalue weighted by Gasteiger charge is 2.15. The van der Waals surface area contributed by atoms with Crippen molar-refractivity contribution < 1.29 is 9.59 Å². The molecule has 0 heterocycles. The van der Waals surface area contributed by atoms with Crippen molar-refractivity contribution in [3.63, 3.8) is 0 Å². The summed E-state index contributed by atoms with van der Waals surface area (Å²) >= 11 is 0. The van der Waals surface area contributed by atoms with Crippen LogP contribution in [0.2, 0.25) is 0 Å². The van der Waals surface area contributed by atoms with Gasteiger partial charge in [-0.15, -0.1) is 0 Å². The molecular weight excluding hydrogens is 254 g/mol. The average Bonchev–Trinajstić information content (AvgIpc) is 2.36. The number of nitrogens with one attached hydrogen (secondary N) is 3. The standard InChI is InChI=1S/C15H23N3O2/c1-10(16-5)13(19)17-12-8-6-11(7-9-12)14(20)18-15(2,3)4/h6-10,16H,1-5H3,(H,17,19)(H,18,20). The molecule has 5 heteroatoms. The summed E-state index contributed by atoms with van der Waals surface area (Å²) in [6.07, 6.45) is 0. The van der Waals surface area contributed by atoms with Crippen LogP contribution in [-0.4, -0.2) is 30.4 Å². The molecule has 1 aromatic carbocycles. The van der Waals surface area contributed by atoms with Crippen molar-refractivity contribution in [3.8, 4) is 0 Å². The van der Waals surface area contributed by atoms with E-state index in [-0.39, 0.29) is 23.4 Å². The molecule has 0 aromatic heterocycles. The van der Waals surface area contributed by atoms with Crippen LogP contribution in [0.3, 0.4) is 0 Å². The third-order valence-corrected chi connectivity index (χ3v) is 2.73. The number of rotatable bonds is 4. The molecule has 0 radical (unpaired) electrons. The van der Waals surface area contributed by atoms with E-state index in [1.807, 2.05) is 20.8 Å². The fourth-order valence-corrected chi connectivity index (χ4v) is 1.50. The van der Waals surface area contributed by atoms with E-state index < -0.39 is 0 Å². The fourth-order valence-electron chi connectivity index (χ4n) is 1.50. The van der Waals surface area contributed by atoms with Crippen molar-refractivity contribution in [2.24, 2.45) is 0 Å². The van der Waals surface area contributed by atoms with Gasteiger partial charge in [0.1, 0.15) is 0 Å². The van der Waals surface area contributed by atoms with E-state index in [2.05, 4.69) is 16.0 Å². The SMILES string of the molecule is CNC(C)C(=O)Nc1ccc(C(=O)NC(C)(C)C)cc1. The second-order valence-corrected chi connectivity index (χ2v) is 5.78. The Hall–Kier alpha value is -1.88. The zero-order valence-corrected chi connectivity index (χ0v) is 12.7. The molecule has 1 rings (SSSR count). The molecule has 1 aromatic rings. The van der Waals surface area contributed by atoms with Crippen molar-refractivity contribution in [2.45, 2.75) is 39.3 Å². The first-order chi connectivity index (χ1) is 9.23. The lowest BCUT2D eigenvalue weighted by Gasteiger charge is -2.20. The zero-order valence-electron chi connectivity index (χ0n) is 12.7. The van der Waals surface area contributed by atoms with Crippen LogP contribution >= 0.6 is 0 Å². The van der Waals surface area contributed by atoms with Gasteiger partial charge in [-0.2, -0.15) is 0 Å². The summed E-state index contributed by atoms with van der Waals surface area (Å²) in [6, 6.07) is 6.57. The van der Waals surface area contributed by atoms with Crippen LogP contribution in [0, 0.1) is 0 Å². The molecule has 1 unspecified atom stereocenters. The number of likely N-dealkylation sites (N-methyl/N-ethyl adjacent to an activating group) is 1. The average molecular weight is 277 g/mol. The Morgan fingerprint density at radius 1 is 1.10 bits per heavy atom. The summed E-state index contributed by atoms with van der Waals surface area (Å²) in [5, 5.41) is 8.52. The molecular formula is C15H23N3O2. The summed E-state index contributed by atoms with van der Waals surface area (Å²) < 4.78 is 0. The van der Waals surface area contributed by atoms with Crippen molar-refractivity contribution in [1.82, 2.24) is 10.6 Å². The third-order valence-electron chi connectivity index (χ3n) is 2.73. The molecule has 0 saturated carbocycles. The molecule has 5 nitrogen and oxygen atoms in total. The molecule has 0 aliphatic heterocycles. The number of anilines is 1. The Balaban J connectivity index is 2.69. The van der Waals surface area contributed by atoms with E-state index in [1.165, 1.54) is 0 Å². The molecule has 0 saturated heterocycles. The molecule has 0 aliphatic rings. The summed E-state index contributed by atoms with van der Waals surface area (Å²) in [5.74, 6) is -0.238. The lowest BCUT2D eigenvalue weighted by molar-refractivity contribution is -0.117. The van der Waals surface area contributed by atoms with Crippen LogP contribution in [0.1, 0.15) is 38.1 Å². The first-order valence-corrected chi connectivity index (χ1v) is 6.63. The first kappa shape index (κ1) is 16.2. The largest absolute Gasteiger partial charge is 0.347 e. The lowest BCUT2D eigenvalue weighted by Crippen LogP contribution is -2.40. The molecule has 0 bridgehead atoms. The number of benzene rings is 1. The summed E-state index contributed by atoms with van der Waals surface area (Å²) in [6.45, 7) is 7.57. The van der Waals surface area contributed by atoms with Crippen LogP contribution in [0.4, 0.5) is 5.69 Å². The Kier molecular flexibility index (Phi) is 5.27. The summed E-state index contributed by atoms with van der Waals surface area (Å²) in [7, 11) is 1.73. The van der Waals surface area contributed by atoms with E-state index in [4.69, 9.17) is 0 Å². The van der Waals surface area contributed by atoms with Gasteiger partial charge >= 0.3 is 0 Å². The van der Waals surface area contributed by atoms with Gasteiger partial charge in [-0.3, -0.25) is 9.59 Å². The quantitative estimate of drug-likeness (QED) is 0.785. The van der Waals surface area contributed by atoms with Gasteiger partial charge in [-0.1, -0.05) is 0 Å². The maximum atomic E-state index is 11.9. The molecule has 110 valence electrons. The van der Waals surface area contributed by atoms with Crippen molar-refractivity contribution in [3.05, 3.63) is 29.8 Å². The van der Waals surface area contributed by atoms with Crippen LogP contribution in [0.25, 0.3) is 0 Å². The van der Waals surface area contributed by atoms with Crippen molar-refractivity contribution in [1.29, 1.82) is 0 Å². The Labute approximate surface area is 120 Å². The molecule has 0 fully saturated rings. The molecule has 3 N–H and O–H groups in total. The highest BCUT2D eigenvalue weighted by atomic mass is 16.2. The summed E-state index contributed by atoms with van der Waals surface area (Å²) in [4.78, 5) is 23.6. The van der Waals surface area contributed by atoms with Crippen LogP contribution in [0.15, 0.2) is 24.3 Å². The maximum Gasteiger partial charge on any atom is 0.251 e. The number of hydrogen-bond donors (Lipinski definition) is 3. The monoisotopic (exact) mass is 277 g/mol. The minimum atomic E-state index is -0.272. The van der Waals surface area contributed by atoms with Crippen LogP contribution < -0.4 is 16.0 Å². The Morgan fingerprint density at radius 3 is 2.10 bits per heavy atom. The Bertz CT molecular complexity index is 475. The molecule has 20 heavy (non-hydrogen) atoms. The second-order valence-electron chi connectivity index (χ2n) is 5.78. The van der Waals surface area contributed by atoms with E-state index >= 15 is 0 Å². The predicted molar refractivity (Wildman–Crippen MR) is 80.8 cm³/mol.